The lowest BCUT2D eigenvalue weighted by molar-refractivity contribution is 0.0977. The number of thiocarbonyl (C=S) groups is 1. The van der Waals surface area contributed by atoms with E-state index >= 15 is 0 Å². The van der Waals surface area contributed by atoms with Gasteiger partial charge in [0.05, 0.1) is 5.69 Å². The van der Waals surface area contributed by atoms with E-state index in [-0.39, 0.29) is 10.7 Å². The van der Waals surface area contributed by atoms with Crippen LogP contribution >= 0.6 is 12.2 Å². The monoisotopic (exact) mass is 447 g/mol. The van der Waals surface area contributed by atoms with Crippen LogP contribution in [0.4, 0.5) is 10.1 Å². The number of nitrogens with one attached hydrogen (secondary N) is 2. The van der Waals surface area contributed by atoms with Gasteiger partial charge >= 0.3 is 0 Å². The predicted molar refractivity (Wildman–Crippen MR) is 128 cm³/mol. The summed E-state index contributed by atoms with van der Waals surface area (Å²) in [6.45, 7) is 2.18. The number of hydrogen-bond acceptors (Lipinski definition) is 4. The zero-order valence-corrected chi connectivity index (χ0v) is 18.3. The van der Waals surface area contributed by atoms with E-state index < -0.39 is 11.7 Å². The maximum Gasteiger partial charge on any atom is 0.257 e. The van der Waals surface area contributed by atoms with Crippen LogP contribution < -0.4 is 10.6 Å². The molecule has 4 aromatic rings. The van der Waals surface area contributed by atoms with Crippen molar-refractivity contribution in [2.45, 2.75) is 26.2 Å². The van der Waals surface area contributed by atoms with Gasteiger partial charge in [-0.1, -0.05) is 31.5 Å². The second kappa shape index (κ2) is 9.65. The molecule has 1 heterocycles. The highest BCUT2D eigenvalue weighted by molar-refractivity contribution is 7.80. The molecule has 1 amide bonds. The van der Waals surface area contributed by atoms with Crippen molar-refractivity contribution in [1.82, 2.24) is 20.3 Å². The summed E-state index contributed by atoms with van der Waals surface area (Å²) in [4.78, 5) is 13.8. The molecule has 2 N–H and O–H groups in total. The SMILES string of the molecule is CCCCc1ccc(-n2nc3ccc(NC(=S)NC(=O)c4cccc(F)c4)cc3n2)cc1. The third-order valence-corrected chi connectivity index (χ3v) is 5.14. The van der Waals surface area contributed by atoms with Gasteiger partial charge in [0.1, 0.15) is 16.9 Å². The largest absolute Gasteiger partial charge is 0.332 e. The first-order valence-corrected chi connectivity index (χ1v) is 10.8. The molecule has 0 bridgehead atoms. The van der Waals surface area contributed by atoms with Gasteiger partial charge in [-0.15, -0.1) is 10.2 Å². The van der Waals surface area contributed by atoms with Crippen LogP contribution in [0, 0.1) is 5.82 Å². The maximum atomic E-state index is 13.3. The van der Waals surface area contributed by atoms with Gasteiger partial charge in [0, 0.05) is 11.3 Å². The Labute approximate surface area is 190 Å². The van der Waals surface area contributed by atoms with E-state index in [1.807, 2.05) is 18.2 Å². The quantitative estimate of drug-likeness (QED) is 0.406. The summed E-state index contributed by atoms with van der Waals surface area (Å²) in [5.41, 5.74) is 4.45. The molecular formula is C24H22FN5OS. The lowest BCUT2D eigenvalue weighted by Gasteiger charge is -2.09. The molecule has 0 spiro atoms. The van der Waals surface area contributed by atoms with E-state index in [2.05, 4.69) is 39.9 Å². The number of anilines is 1. The number of aryl methyl sites for hydroxylation is 1. The molecule has 3 aromatic carbocycles. The van der Waals surface area contributed by atoms with Crippen LogP contribution in [0.2, 0.25) is 0 Å². The first kappa shape index (κ1) is 21.6. The molecule has 0 saturated heterocycles. The molecule has 32 heavy (non-hydrogen) atoms. The van der Waals surface area contributed by atoms with Crippen LogP contribution in [-0.2, 0) is 6.42 Å². The van der Waals surface area contributed by atoms with Crippen LogP contribution in [0.25, 0.3) is 16.7 Å². The maximum absolute atomic E-state index is 13.3. The Morgan fingerprint density at radius 2 is 1.81 bits per heavy atom. The summed E-state index contributed by atoms with van der Waals surface area (Å²) >= 11 is 5.21. The number of aromatic nitrogens is 3. The van der Waals surface area contributed by atoms with E-state index in [0.29, 0.717) is 11.2 Å². The van der Waals surface area contributed by atoms with Gasteiger partial charge < -0.3 is 5.32 Å². The molecule has 0 aliphatic heterocycles. The number of rotatable bonds is 6. The summed E-state index contributed by atoms with van der Waals surface area (Å²) in [6.07, 6.45) is 3.40. The fourth-order valence-corrected chi connectivity index (χ4v) is 3.46. The Kier molecular flexibility index (Phi) is 6.51. The van der Waals surface area contributed by atoms with Gasteiger partial charge in [0.25, 0.3) is 5.91 Å². The van der Waals surface area contributed by atoms with E-state index in [0.717, 1.165) is 23.7 Å². The van der Waals surface area contributed by atoms with Crippen LogP contribution in [0.15, 0.2) is 66.7 Å². The lowest BCUT2D eigenvalue weighted by atomic mass is 10.1. The highest BCUT2D eigenvalue weighted by atomic mass is 32.1. The Morgan fingerprint density at radius 3 is 2.56 bits per heavy atom. The van der Waals surface area contributed by atoms with Crippen LogP contribution in [0.1, 0.15) is 35.7 Å². The molecule has 0 radical (unpaired) electrons. The Morgan fingerprint density at radius 1 is 1.03 bits per heavy atom. The van der Waals surface area contributed by atoms with Gasteiger partial charge in [0.15, 0.2) is 5.11 Å². The average molecular weight is 448 g/mol. The van der Waals surface area contributed by atoms with Crippen LogP contribution in [0.3, 0.4) is 0 Å². The number of fused-ring (bicyclic) bond motifs is 1. The molecule has 0 aliphatic carbocycles. The number of hydrogen-bond donors (Lipinski definition) is 2. The molecule has 162 valence electrons. The second-order valence-electron chi connectivity index (χ2n) is 7.38. The molecule has 0 atom stereocenters. The molecule has 8 heteroatoms. The van der Waals surface area contributed by atoms with Crippen molar-refractivity contribution < 1.29 is 9.18 Å². The van der Waals surface area contributed by atoms with Crippen molar-refractivity contribution in [3.05, 3.63) is 83.7 Å². The average Bonchev–Trinajstić information content (AvgIpc) is 3.21. The van der Waals surface area contributed by atoms with Crippen molar-refractivity contribution in [1.29, 1.82) is 0 Å². The number of amides is 1. The van der Waals surface area contributed by atoms with Crippen molar-refractivity contribution in [3.8, 4) is 5.69 Å². The van der Waals surface area contributed by atoms with E-state index in [9.17, 15) is 9.18 Å². The fraction of sp³-hybridized carbons (Fsp3) is 0.167. The van der Waals surface area contributed by atoms with Crippen LogP contribution in [-0.4, -0.2) is 26.0 Å². The van der Waals surface area contributed by atoms with Crippen molar-refractivity contribution in [3.63, 3.8) is 0 Å². The summed E-state index contributed by atoms with van der Waals surface area (Å²) < 4.78 is 13.3. The van der Waals surface area contributed by atoms with Gasteiger partial charge in [-0.25, -0.2) is 4.39 Å². The zero-order chi connectivity index (χ0) is 22.5. The molecule has 1 aromatic heterocycles. The number of unbranched alkanes of at least 4 members (excludes halogenated alkanes) is 1. The normalized spacial score (nSPS) is 10.8. The minimum Gasteiger partial charge on any atom is -0.332 e. The number of carbonyl (C=O) groups excluding carboxylic acids is 1. The number of benzene rings is 3. The Hall–Kier alpha value is -3.65. The lowest BCUT2D eigenvalue weighted by Crippen LogP contribution is -2.34. The van der Waals surface area contributed by atoms with Gasteiger partial charge in [-0.05, 0) is 79.2 Å². The second-order valence-corrected chi connectivity index (χ2v) is 7.79. The summed E-state index contributed by atoms with van der Waals surface area (Å²) in [7, 11) is 0. The van der Waals surface area contributed by atoms with E-state index in [1.165, 1.54) is 36.6 Å². The van der Waals surface area contributed by atoms with Gasteiger partial charge in [0.2, 0.25) is 0 Å². The number of nitrogens with zero attached hydrogens (tertiary/aromatic N) is 3. The van der Waals surface area contributed by atoms with Crippen molar-refractivity contribution in [2.24, 2.45) is 0 Å². The molecule has 0 unspecified atom stereocenters. The standard InChI is InChI=1S/C24H22FN5OS/c1-2-3-5-16-8-11-20(12-9-16)30-28-21-13-10-19(15-22(21)29-30)26-24(32)27-23(31)17-6-4-7-18(25)14-17/h4,6-15H,2-3,5H2,1H3,(H2,26,27,31,32). The Bertz CT molecular complexity index is 1270. The third kappa shape index (κ3) is 5.15. The van der Waals surface area contributed by atoms with E-state index in [4.69, 9.17) is 12.2 Å². The zero-order valence-electron chi connectivity index (χ0n) is 17.5. The molecule has 4 rings (SSSR count). The number of carbonyl (C=O) groups is 1. The highest BCUT2D eigenvalue weighted by Gasteiger charge is 2.10. The summed E-state index contributed by atoms with van der Waals surface area (Å²) in [6, 6.07) is 19.1. The van der Waals surface area contributed by atoms with Gasteiger partial charge in [-0.2, -0.15) is 4.80 Å². The topological polar surface area (TPSA) is 71.8 Å². The van der Waals surface area contributed by atoms with E-state index in [1.54, 1.807) is 16.9 Å². The van der Waals surface area contributed by atoms with Crippen molar-refractivity contribution >= 4 is 40.0 Å². The number of halogens is 1. The first-order valence-electron chi connectivity index (χ1n) is 10.4. The first-order chi connectivity index (χ1) is 15.5. The van der Waals surface area contributed by atoms with Gasteiger partial charge in [-0.3, -0.25) is 10.1 Å². The smallest absolute Gasteiger partial charge is 0.257 e. The molecule has 6 nitrogen and oxygen atoms in total. The predicted octanol–water partition coefficient (Wildman–Crippen LogP) is 5.03. The molecular weight excluding hydrogens is 425 g/mol. The Balaban J connectivity index is 1.44. The van der Waals surface area contributed by atoms with Crippen molar-refractivity contribution in [2.75, 3.05) is 5.32 Å². The molecule has 0 aliphatic rings. The summed E-state index contributed by atoms with van der Waals surface area (Å²) in [5, 5.41) is 14.7. The molecule has 0 fully saturated rings. The minimum absolute atomic E-state index is 0.105. The summed E-state index contributed by atoms with van der Waals surface area (Å²) in [5.74, 6) is -0.975. The fourth-order valence-electron chi connectivity index (χ4n) is 3.25. The van der Waals surface area contributed by atoms with Crippen LogP contribution in [0.5, 0.6) is 0 Å². The third-order valence-electron chi connectivity index (χ3n) is 4.94. The highest BCUT2D eigenvalue weighted by Crippen LogP contribution is 2.18. The molecule has 0 saturated carbocycles. The minimum atomic E-state index is -0.489.